The van der Waals surface area contributed by atoms with Gasteiger partial charge in [-0.1, -0.05) is 42.4 Å². The first-order valence-electron chi connectivity index (χ1n) is 10.1. The van der Waals surface area contributed by atoms with Crippen molar-refractivity contribution in [2.24, 2.45) is 5.92 Å². The second kappa shape index (κ2) is 8.44. The third-order valence-electron chi connectivity index (χ3n) is 5.36. The van der Waals surface area contributed by atoms with E-state index in [4.69, 9.17) is 9.26 Å². The van der Waals surface area contributed by atoms with Gasteiger partial charge in [-0.25, -0.2) is 4.79 Å². The number of benzene rings is 1. The summed E-state index contributed by atoms with van der Waals surface area (Å²) < 4.78 is 10.6. The smallest absolute Gasteiger partial charge is 0.341 e. The van der Waals surface area contributed by atoms with Gasteiger partial charge in [0.05, 0.1) is 12.2 Å². The summed E-state index contributed by atoms with van der Waals surface area (Å²) in [4.78, 5) is 27.1. The van der Waals surface area contributed by atoms with E-state index in [1.807, 2.05) is 30.3 Å². The van der Waals surface area contributed by atoms with Crippen LogP contribution in [0.1, 0.15) is 57.2 Å². The molecule has 0 spiro atoms. The second-order valence-corrected chi connectivity index (χ2v) is 8.66. The number of hydrogen-bond acceptors (Lipinski definition) is 6. The lowest BCUT2D eigenvalue weighted by Gasteiger charge is -2.18. The van der Waals surface area contributed by atoms with Crippen molar-refractivity contribution in [2.45, 2.75) is 40.0 Å². The van der Waals surface area contributed by atoms with E-state index in [-0.39, 0.29) is 18.5 Å². The van der Waals surface area contributed by atoms with Crippen LogP contribution >= 0.6 is 11.3 Å². The van der Waals surface area contributed by atoms with Crippen molar-refractivity contribution in [3.05, 3.63) is 57.7 Å². The molecule has 1 aromatic carbocycles. The molecule has 0 saturated carbocycles. The summed E-state index contributed by atoms with van der Waals surface area (Å²) >= 11 is 1.47. The molecule has 7 heteroatoms. The zero-order chi connectivity index (χ0) is 21.3. The number of ether oxygens (including phenoxy) is 1. The summed E-state index contributed by atoms with van der Waals surface area (Å²) in [7, 11) is 0. The minimum atomic E-state index is -0.384. The topological polar surface area (TPSA) is 81.4 Å². The van der Waals surface area contributed by atoms with Crippen molar-refractivity contribution in [3.8, 4) is 11.3 Å². The molecule has 4 rings (SSSR count). The monoisotopic (exact) mass is 424 g/mol. The van der Waals surface area contributed by atoms with Gasteiger partial charge < -0.3 is 14.6 Å². The molecule has 0 radical (unpaired) electrons. The van der Waals surface area contributed by atoms with Gasteiger partial charge in [0, 0.05) is 10.4 Å². The van der Waals surface area contributed by atoms with Crippen LogP contribution in [-0.4, -0.2) is 23.6 Å². The summed E-state index contributed by atoms with van der Waals surface area (Å²) in [6.45, 7) is 5.99. The van der Waals surface area contributed by atoms with Gasteiger partial charge in [0.15, 0.2) is 0 Å². The molecule has 6 nitrogen and oxygen atoms in total. The van der Waals surface area contributed by atoms with E-state index in [0.717, 1.165) is 35.3 Å². The fourth-order valence-corrected chi connectivity index (χ4v) is 5.25. The molecule has 30 heavy (non-hydrogen) atoms. The predicted octanol–water partition coefficient (Wildman–Crippen LogP) is 5.27. The Morgan fingerprint density at radius 3 is 2.77 bits per heavy atom. The molecule has 1 aliphatic carbocycles. The van der Waals surface area contributed by atoms with Crippen molar-refractivity contribution < 1.29 is 18.8 Å². The summed E-state index contributed by atoms with van der Waals surface area (Å²) in [5.74, 6) is 0.258. The maximum atomic E-state index is 13.2. The number of amides is 1. The third kappa shape index (κ3) is 3.77. The molecule has 1 atom stereocenters. The van der Waals surface area contributed by atoms with E-state index in [9.17, 15) is 9.59 Å². The van der Waals surface area contributed by atoms with Gasteiger partial charge in [-0.05, 0) is 44.6 Å². The number of esters is 1. The second-order valence-electron chi connectivity index (χ2n) is 7.56. The highest BCUT2D eigenvalue weighted by Crippen LogP contribution is 2.40. The number of thiophene rings is 1. The van der Waals surface area contributed by atoms with Crippen LogP contribution < -0.4 is 5.32 Å². The Labute approximate surface area is 179 Å². The highest BCUT2D eigenvalue weighted by molar-refractivity contribution is 7.17. The van der Waals surface area contributed by atoms with E-state index in [0.29, 0.717) is 33.5 Å². The number of anilines is 1. The molecule has 0 fully saturated rings. The third-order valence-corrected chi connectivity index (χ3v) is 6.53. The number of nitrogens with zero attached hydrogens (tertiary/aromatic N) is 1. The Balaban J connectivity index is 1.71. The number of rotatable bonds is 5. The standard InChI is InChI=1S/C23H24N2O4S/c1-4-28-23(27)19-16-11-10-13(2)12-17(16)30-22(19)24-21(26)18-14(3)29-25-20(18)15-8-6-5-7-9-15/h5-9,13H,4,10-12H2,1-3H3,(H,24,26)/t13-/m1/s1. The molecule has 1 amide bonds. The molecule has 1 N–H and O–H groups in total. The van der Waals surface area contributed by atoms with Crippen LogP contribution in [0.3, 0.4) is 0 Å². The minimum absolute atomic E-state index is 0.288. The van der Waals surface area contributed by atoms with Gasteiger partial charge in [-0.2, -0.15) is 0 Å². The van der Waals surface area contributed by atoms with Gasteiger partial charge in [-0.15, -0.1) is 11.3 Å². The Hall–Kier alpha value is -2.93. The maximum absolute atomic E-state index is 13.2. The lowest BCUT2D eigenvalue weighted by molar-refractivity contribution is 0.0526. The SMILES string of the molecule is CCOC(=O)c1c(NC(=O)c2c(-c3ccccc3)noc2C)sc2c1CC[C@@H](C)C2. The van der Waals surface area contributed by atoms with Crippen molar-refractivity contribution >= 4 is 28.2 Å². The average Bonchev–Trinajstić information content (AvgIpc) is 3.28. The first kappa shape index (κ1) is 20.3. The maximum Gasteiger partial charge on any atom is 0.341 e. The number of carbonyl (C=O) groups is 2. The zero-order valence-electron chi connectivity index (χ0n) is 17.3. The van der Waals surface area contributed by atoms with E-state index in [2.05, 4.69) is 17.4 Å². The highest BCUT2D eigenvalue weighted by atomic mass is 32.1. The first-order chi connectivity index (χ1) is 14.5. The molecule has 0 saturated heterocycles. The van der Waals surface area contributed by atoms with Crippen molar-refractivity contribution in [1.82, 2.24) is 5.16 Å². The number of aromatic nitrogens is 1. The lowest BCUT2D eigenvalue weighted by Crippen LogP contribution is -2.17. The molecular weight excluding hydrogens is 400 g/mol. The van der Waals surface area contributed by atoms with Crippen LogP contribution in [-0.2, 0) is 17.6 Å². The fraction of sp³-hybridized carbons (Fsp3) is 0.348. The molecule has 3 aromatic rings. The van der Waals surface area contributed by atoms with Gasteiger partial charge in [0.25, 0.3) is 5.91 Å². The van der Waals surface area contributed by atoms with Crippen molar-refractivity contribution in [3.63, 3.8) is 0 Å². The van der Waals surface area contributed by atoms with Gasteiger partial charge in [0.2, 0.25) is 0 Å². The summed E-state index contributed by atoms with van der Waals surface area (Å²) in [6.07, 6.45) is 2.74. The zero-order valence-corrected chi connectivity index (χ0v) is 18.1. The number of aryl methyl sites for hydroxylation is 1. The summed E-state index contributed by atoms with van der Waals surface area (Å²) in [5.41, 5.74) is 3.16. The quantitative estimate of drug-likeness (QED) is 0.565. The van der Waals surface area contributed by atoms with Crippen LogP contribution in [0.5, 0.6) is 0 Å². The Bertz CT molecular complexity index is 1080. The molecule has 2 aromatic heterocycles. The van der Waals surface area contributed by atoms with Crippen LogP contribution in [0.15, 0.2) is 34.9 Å². The van der Waals surface area contributed by atoms with Crippen LogP contribution in [0, 0.1) is 12.8 Å². The largest absolute Gasteiger partial charge is 0.462 e. The number of nitrogens with one attached hydrogen (secondary N) is 1. The van der Waals surface area contributed by atoms with Gasteiger partial charge in [-0.3, -0.25) is 4.79 Å². The van der Waals surface area contributed by atoms with Crippen molar-refractivity contribution in [2.75, 3.05) is 11.9 Å². The highest BCUT2D eigenvalue weighted by Gasteiger charge is 2.30. The Morgan fingerprint density at radius 1 is 1.27 bits per heavy atom. The van der Waals surface area contributed by atoms with Crippen molar-refractivity contribution in [1.29, 1.82) is 0 Å². The molecule has 156 valence electrons. The Morgan fingerprint density at radius 2 is 2.03 bits per heavy atom. The number of fused-ring (bicyclic) bond motifs is 1. The molecule has 0 aliphatic heterocycles. The van der Waals surface area contributed by atoms with Crippen LogP contribution in [0.4, 0.5) is 5.00 Å². The normalized spacial score (nSPS) is 15.5. The van der Waals surface area contributed by atoms with Crippen LogP contribution in [0.2, 0.25) is 0 Å². The number of carbonyl (C=O) groups excluding carboxylic acids is 2. The fourth-order valence-electron chi connectivity index (χ4n) is 3.86. The van der Waals surface area contributed by atoms with E-state index < -0.39 is 0 Å². The van der Waals surface area contributed by atoms with E-state index >= 15 is 0 Å². The first-order valence-corrected chi connectivity index (χ1v) is 11.0. The van der Waals surface area contributed by atoms with E-state index in [1.54, 1.807) is 13.8 Å². The molecule has 1 aliphatic rings. The van der Waals surface area contributed by atoms with E-state index in [1.165, 1.54) is 11.3 Å². The molecular formula is C23H24N2O4S. The summed E-state index contributed by atoms with van der Waals surface area (Å²) in [5, 5.41) is 7.58. The predicted molar refractivity (Wildman–Crippen MR) is 116 cm³/mol. The molecule has 0 unspecified atom stereocenters. The van der Waals surface area contributed by atoms with Gasteiger partial charge in [0.1, 0.15) is 22.0 Å². The Kier molecular flexibility index (Phi) is 5.72. The summed E-state index contributed by atoms with van der Waals surface area (Å²) in [6, 6.07) is 9.43. The number of hydrogen-bond donors (Lipinski definition) is 1. The van der Waals surface area contributed by atoms with Crippen LogP contribution in [0.25, 0.3) is 11.3 Å². The lowest BCUT2D eigenvalue weighted by atomic mass is 9.88. The average molecular weight is 425 g/mol. The van der Waals surface area contributed by atoms with Gasteiger partial charge >= 0.3 is 5.97 Å². The molecule has 2 heterocycles. The molecule has 0 bridgehead atoms. The minimum Gasteiger partial charge on any atom is -0.462 e.